The molecule has 2 aromatic heterocycles. The lowest BCUT2D eigenvalue weighted by atomic mass is 10.1. The van der Waals surface area contributed by atoms with Crippen LogP contribution in [-0.4, -0.2) is 63.8 Å². The third kappa shape index (κ3) is 9.12. The average Bonchev–Trinajstić information content (AvgIpc) is 3.82. The molecule has 1 saturated carbocycles. The minimum atomic E-state index is -1.19. The van der Waals surface area contributed by atoms with Crippen molar-refractivity contribution in [3.05, 3.63) is 66.3 Å². The first-order valence-corrected chi connectivity index (χ1v) is 14.7. The fraction of sp³-hybridized carbons (Fsp3) is 0.448. The van der Waals surface area contributed by atoms with Gasteiger partial charge >= 0.3 is 0 Å². The first-order chi connectivity index (χ1) is 19.5. The number of halogens is 2. The molecule has 1 amide bonds. The first-order valence-electron chi connectivity index (χ1n) is 13.8. The third-order valence-electron chi connectivity index (χ3n) is 6.44. The molecule has 0 spiro atoms. The summed E-state index contributed by atoms with van der Waals surface area (Å²) in [5.41, 5.74) is 0.897. The Morgan fingerprint density at radius 2 is 1.82 bits per heavy atom. The quantitative estimate of drug-likeness (QED) is 0.223. The largest absolute Gasteiger partial charge is 0.477 e. The molecule has 0 bridgehead atoms. The highest BCUT2D eigenvalue weighted by atomic mass is 32.2. The average molecular weight is 571 g/mol. The van der Waals surface area contributed by atoms with Crippen LogP contribution < -0.4 is 14.8 Å². The molecule has 11 heteroatoms. The molecule has 1 aromatic carbocycles. The first kappa shape index (κ1) is 29.7. The van der Waals surface area contributed by atoms with Gasteiger partial charge in [0.25, 0.3) is 5.91 Å². The smallest absolute Gasteiger partial charge is 0.254 e. The molecule has 0 atom stereocenters. The Morgan fingerprint density at radius 3 is 2.55 bits per heavy atom. The lowest BCUT2D eigenvalue weighted by Gasteiger charge is -2.26. The topological polar surface area (TPSA) is 92.3 Å². The van der Waals surface area contributed by atoms with Crippen molar-refractivity contribution < 1.29 is 18.3 Å². The van der Waals surface area contributed by atoms with Gasteiger partial charge in [0.15, 0.2) is 11.6 Å². The summed E-state index contributed by atoms with van der Waals surface area (Å²) in [4.78, 5) is 26.6. The maximum Gasteiger partial charge on any atom is 0.254 e. The van der Waals surface area contributed by atoms with Gasteiger partial charge < -0.3 is 19.7 Å². The van der Waals surface area contributed by atoms with Gasteiger partial charge in [-0.3, -0.25) is 14.8 Å². The Labute approximate surface area is 238 Å². The van der Waals surface area contributed by atoms with Crippen LogP contribution >= 0.6 is 11.9 Å². The number of hydrogen-bond donors (Lipinski definition) is 2. The van der Waals surface area contributed by atoms with Crippen molar-refractivity contribution in [1.82, 2.24) is 25.2 Å². The maximum absolute atomic E-state index is 14.6. The number of ether oxygens (including phenoxy) is 1. The van der Waals surface area contributed by atoms with Crippen LogP contribution in [0.15, 0.2) is 49.1 Å². The van der Waals surface area contributed by atoms with E-state index in [1.54, 1.807) is 19.3 Å². The summed E-state index contributed by atoms with van der Waals surface area (Å²) in [6, 6.07) is 6.56. The van der Waals surface area contributed by atoms with E-state index in [2.05, 4.69) is 29.9 Å². The predicted octanol–water partition coefficient (Wildman–Crippen LogP) is 5.73. The lowest BCUT2D eigenvalue weighted by Crippen LogP contribution is -2.33. The van der Waals surface area contributed by atoms with E-state index in [9.17, 15) is 13.6 Å². The van der Waals surface area contributed by atoms with Gasteiger partial charge in [0, 0.05) is 35.4 Å². The van der Waals surface area contributed by atoms with Crippen LogP contribution in [0, 0.1) is 11.6 Å². The number of aromatic nitrogens is 3. The summed E-state index contributed by atoms with van der Waals surface area (Å²) < 4.78 is 37.6. The number of pyridine rings is 1. The van der Waals surface area contributed by atoms with E-state index in [4.69, 9.17) is 4.74 Å². The minimum Gasteiger partial charge on any atom is -0.477 e. The number of carbonyl (C=O) groups excluding carboxylic acids is 1. The molecule has 2 fully saturated rings. The Balaban J connectivity index is 0.000000278. The molecule has 40 heavy (non-hydrogen) atoms. The number of likely N-dealkylation sites (tertiary alicyclic amines) is 1. The summed E-state index contributed by atoms with van der Waals surface area (Å²) in [5, 5.41) is 3.52. The SMILES string of the molecule is CCOc1cncc(-c2ccc(C(=O)NCCCN3CCCCC3)c(F)c2F)n1.c1cc(NSC2CC2)ccn1. The molecule has 0 unspecified atom stereocenters. The highest BCUT2D eigenvalue weighted by molar-refractivity contribution is 8.01. The van der Waals surface area contributed by atoms with E-state index in [0.29, 0.717) is 13.2 Å². The highest BCUT2D eigenvalue weighted by Crippen LogP contribution is 2.34. The monoisotopic (exact) mass is 570 g/mol. The molecule has 3 aromatic rings. The number of anilines is 1. The Kier molecular flexibility index (Phi) is 11.5. The second-order valence-electron chi connectivity index (χ2n) is 9.63. The van der Waals surface area contributed by atoms with Gasteiger partial charge in [-0.1, -0.05) is 6.42 Å². The number of amides is 1. The van der Waals surface area contributed by atoms with E-state index >= 15 is 0 Å². The summed E-state index contributed by atoms with van der Waals surface area (Å²) in [6.07, 6.45) is 13.5. The van der Waals surface area contributed by atoms with Crippen LogP contribution in [0.3, 0.4) is 0 Å². The van der Waals surface area contributed by atoms with Gasteiger partial charge in [0.1, 0.15) is 0 Å². The fourth-order valence-electron chi connectivity index (χ4n) is 4.16. The zero-order valence-electron chi connectivity index (χ0n) is 22.7. The summed E-state index contributed by atoms with van der Waals surface area (Å²) in [6.45, 7) is 5.65. The fourth-order valence-corrected chi connectivity index (χ4v) is 4.97. The highest BCUT2D eigenvalue weighted by Gasteiger charge is 2.22. The van der Waals surface area contributed by atoms with Crippen LogP contribution in [0.25, 0.3) is 11.3 Å². The third-order valence-corrected chi connectivity index (χ3v) is 7.60. The number of nitrogens with one attached hydrogen (secondary N) is 2. The van der Waals surface area contributed by atoms with Crippen LogP contribution in [-0.2, 0) is 0 Å². The summed E-state index contributed by atoms with van der Waals surface area (Å²) in [5.74, 6) is -2.73. The van der Waals surface area contributed by atoms with Gasteiger partial charge in [-0.15, -0.1) is 0 Å². The Morgan fingerprint density at radius 1 is 1.05 bits per heavy atom. The molecular weight excluding hydrogens is 534 g/mol. The normalized spacial score (nSPS) is 15.1. The van der Waals surface area contributed by atoms with Crippen molar-refractivity contribution in [3.8, 4) is 17.1 Å². The summed E-state index contributed by atoms with van der Waals surface area (Å²) >= 11 is 1.82. The van der Waals surface area contributed by atoms with Crippen molar-refractivity contribution in [2.45, 2.75) is 50.7 Å². The predicted molar refractivity (Wildman–Crippen MR) is 154 cm³/mol. The van der Waals surface area contributed by atoms with E-state index in [1.807, 2.05) is 24.1 Å². The van der Waals surface area contributed by atoms with Crippen molar-refractivity contribution >= 4 is 23.5 Å². The molecule has 1 aliphatic carbocycles. The maximum atomic E-state index is 14.6. The second-order valence-corrected chi connectivity index (χ2v) is 10.7. The van der Waals surface area contributed by atoms with E-state index in [1.165, 1.54) is 56.6 Å². The number of carbonyl (C=O) groups is 1. The van der Waals surface area contributed by atoms with Crippen LogP contribution in [0.5, 0.6) is 5.88 Å². The van der Waals surface area contributed by atoms with Crippen molar-refractivity contribution in [2.75, 3.05) is 37.5 Å². The van der Waals surface area contributed by atoms with Crippen LogP contribution in [0.4, 0.5) is 14.5 Å². The molecule has 1 aliphatic heterocycles. The van der Waals surface area contributed by atoms with E-state index in [0.717, 1.165) is 37.0 Å². The molecule has 5 rings (SSSR count). The van der Waals surface area contributed by atoms with Crippen LogP contribution in [0.1, 0.15) is 55.8 Å². The standard InChI is InChI=1S/C21H26F2N4O2.C8H10N2S/c1-2-29-18-14-24-13-17(26-18)15-7-8-16(20(23)19(15)22)21(28)25-9-6-12-27-10-4-3-5-11-27;1-2-8(1)11-10-7-3-5-9-6-4-7/h7-8,13-14H,2-6,9-12H2,1H3,(H,25,28);3-6,8H,1-2H2,(H,9,10). The molecule has 1 saturated heterocycles. The number of rotatable bonds is 11. The van der Waals surface area contributed by atoms with Gasteiger partial charge in [0.05, 0.1) is 30.3 Å². The summed E-state index contributed by atoms with van der Waals surface area (Å²) in [7, 11) is 0. The molecule has 214 valence electrons. The van der Waals surface area contributed by atoms with E-state index < -0.39 is 17.5 Å². The number of nitrogens with zero attached hydrogens (tertiary/aromatic N) is 4. The molecule has 2 aliphatic rings. The molecule has 8 nitrogen and oxygen atoms in total. The molecular formula is C29H36F2N6O2S. The molecule has 2 N–H and O–H groups in total. The van der Waals surface area contributed by atoms with Crippen molar-refractivity contribution in [3.63, 3.8) is 0 Å². The zero-order valence-corrected chi connectivity index (χ0v) is 23.6. The second kappa shape index (κ2) is 15.5. The Bertz CT molecular complexity index is 1230. The minimum absolute atomic E-state index is 0.0711. The van der Waals surface area contributed by atoms with Gasteiger partial charge in [0.2, 0.25) is 5.88 Å². The Hall–Kier alpha value is -3.31. The number of benzene rings is 1. The van der Waals surface area contributed by atoms with Crippen LogP contribution in [0.2, 0.25) is 0 Å². The molecule has 0 radical (unpaired) electrons. The van der Waals surface area contributed by atoms with Crippen molar-refractivity contribution in [1.29, 1.82) is 0 Å². The zero-order chi connectivity index (χ0) is 28.2. The number of hydrogen-bond acceptors (Lipinski definition) is 8. The van der Waals surface area contributed by atoms with Gasteiger partial charge in [-0.25, -0.2) is 13.8 Å². The van der Waals surface area contributed by atoms with Gasteiger partial charge in [-0.05, 0) is 94.9 Å². The van der Waals surface area contributed by atoms with Crippen molar-refractivity contribution in [2.24, 2.45) is 0 Å². The molecule has 3 heterocycles. The van der Waals surface area contributed by atoms with Gasteiger partial charge in [-0.2, -0.15) is 0 Å². The van der Waals surface area contributed by atoms with E-state index in [-0.39, 0.29) is 22.7 Å². The number of piperidine rings is 1. The lowest BCUT2D eigenvalue weighted by molar-refractivity contribution is 0.0946.